The lowest BCUT2D eigenvalue weighted by Crippen LogP contribution is -2.53. The molecule has 1 aliphatic rings. The minimum atomic E-state index is -0.643. The third kappa shape index (κ3) is 6.72. The molecule has 3 N–H and O–H groups in total. The lowest BCUT2D eigenvalue weighted by atomic mass is 10.0. The van der Waals surface area contributed by atoms with Gasteiger partial charge in [0.05, 0.1) is 10.7 Å². The second kappa shape index (κ2) is 11.0. The van der Waals surface area contributed by atoms with Crippen molar-refractivity contribution >= 4 is 35.1 Å². The number of carbonyl (C=O) groups excluding carboxylic acids is 3. The van der Waals surface area contributed by atoms with E-state index in [1.165, 1.54) is 6.92 Å². The van der Waals surface area contributed by atoms with Crippen LogP contribution in [0.4, 0.5) is 10.5 Å². The van der Waals surface area contributed by atoms with Gasteiger partial charge in [-0.3, -0.25) is 9.59 Å². The predicted octanol–water partition coefficient (Wildman–Crippen LogP) is 3.51. The Morgan fingerprint density at radius 2 is 1.81 bits per heavy atom. The number of likely N-dealkylation sites (tertiary alicyclic amines) is 1. The van der Waals surface area contributed by atoms with Crippen LogP contribution in [-0.2, 0) is 16.0 Å². The van der Waals surface area contributed by atoms with Crippen molar-refractivity contribution in [2.24, 2.45) is 0 Å². The Morgan fingerprint density at radius 3 is 2.47 bits per heavy atom. The van der Waals surface area contributed by atoms with Crippen molar-refractivity contribution in [1.29, 1.82) is 0 Å². The van der Waals surface area contributed by atoms with Crippen molar-refractivity contribution < 1.29 is 14.4 Å². The number of amides is 4. The molecule has 8 heteroatoms. The topological polar surface area (TPSA) is 90.5 Å². The van der Waals surface area contributed by atoms with E-state index >= 15 is 0 Å². The van der Waals surface area contributed by atoms with E-state index < -0.39 is 6.04 Å². The maximum atomic E-state index is 12.9. The third-order valence-electron chi connectivity index (χ3n) is 5.46. The van der Waals surface area contributed by atoms with Gasteiger partial charge in [-0.1, -0.05) is 53.6 Å². The van der Waals surface area contributed by atoms with Crippen molar-refractivity contribution in [2.75, 3.05) is 18.4 Å². The van der Waals surface area contributed by atoms with Crippen LogP contribution in [0.3, 0.4) is 0 Å². The number of urea groups is 1. The molecule has 0 saturated carbocycles. The van der Waals surface area contributed by atoms with Crippen LogP contribution in [0.1, 0.15) is 30.9 Å². The fourth-order valence-corrected chi connectivity index (χ4v) is 4.00. The molecule has 32 heavy (non-hydrogen) atoms. The fourth-order valence-electron chi connectivity index (χ4n) is 3.81. The molecule has 1 unspecified atom stereocenters. The number of hydrogen-bond donors (Lipinski definition) is 3. The van der Waals surface area contributed by atoms with Gasteiger partial charge in [-0.05, 0) is 37.5 Å². The van der Waals surface area contributed by atoms with Crippen LogP contribution in [0, 0.1) is 6.92 Å². The molecule has 0 bridgehead atoms. The lowest BCUT2D eigenvalue weighted by Gasteiger charge is -2.33. The van der Waals surface area contributed by atoms with E-state index in [1.54, 1.807) is 23.1 Å². The Hall–Kier alpha value is -3.06. The number of nitrogens with one attached hydrogen (secondary N) is 3. The maximum absolute atomic E-state index is 12.9. The normalized spacial score (nSPS) is 15.0. The molecule has 2 aromatic carbocycles. The molecule has 1 fully saturated rings. The molecule has 0 spiro atoms. The SMILES string of the molecule is CC(=O)NC(Cc1cccc(C)c1)C(=O)NC1CCN(C(=O)Nc2ccccc2Cl)CC1. The van der Waals surface area contributed by atoms with Gasteiger partial charge in [0.15, 0.2) is 0 Å². The summed E-state index contributed by atoms with van der Waals surface area (Å²) in [4.78, 5) is 38.8. The van der Waals surface area contributed by atoms with E-state index in [1.807, 2.05) is 37.3 Å². The number of benzene rings is 2. The highest BCUT2D eigenvalue weighted by Crippen LogP contribution is 2.21. The molecule has 1 aliphatic heterocycles. The van der Waals surface area contributed by atoms with Crippen molar-refractivity contribution in [2.45, 2.75) is 45.2 Å². The van der Waals surface area contributed by atoms with Crippen molar-refractivity contribution in [1.82, 2.24) is 15.5 Å². The first kappa shape index (κ1) is 23.6. The molecule has 7 nitrogen and oxygen atoms in total. The second-order valence-electron chi connectivity index (χ2n) is 8.13. The van der Waals surface area contributed by atoms with E-state index in [9.17, 15) is 14.4 Å². The predicted molar refractivity (Wildman–Crippen MR) is 126 cm³/mol. The Balaban J connectivity index is 1.53. The van der Waals surface area contributed by atoms with Gasteiger partial charge in [0.1, 0.15) is 6.04 Å². The van der Waals surface area contributed by atoms with Gasteiger partial charge in [0.2, 0.25) is 11.8 Å². The lowest BCUT2D eigenvalue weighted by molar-refractivity contribution is -0.128. The highest BCUT2D eigenvalue weighted by molar-refractivity contribution is 6.33. The van der Waals surface area contributed by atoms with Crippen LogP contribution in [0.15, 0.2) is 48.5 Å². The molecule has 0 aromatic heterocycles. The first-order chi connectivity index (χ1) is 15.3. The number of piperidine rings is 1. The van der Waals surface area contributed by atoms with Gasteiger partial charge in [-0.15, -0.1) is 0 Å². The molecule has 0 radical (unpaired) electrons. The summed E-state index contributed by atoms with van der Waals surface area (Å²) in [6.07, 6.45) is 1.70. The minimum absolute atomic E-state index is 0.0550. The third-order valence-corrected chi connectivity index (χ3v) is 5.79. The van der Waals surface area contributed by atoms with Gasteiger partial charge in [-0.25, -0.2) is 4.79 Å². The number of anilines is 1. The Labute approximate surface area is 193 Å². The average molecular weight is 457 g/mol. The molecule has 1 heterocycles. The number of halogens is 1. The Morgan fingerprint density at radius 1 is 1.09 bits per heavy atom. The summed E-state index contributed by atoms with van der Waals surface area (Å²) in [5.41, 5.74) is 2.67. The number of hydrogen-bond acceptors (Lipinski definition) is 3. The van der Waals surface area contributed by atoms with Gasteiger partial charge < -0.3 is 20.9 Å². The van der Waals surface area contributed by atoms with Crippen LogP contribution in [0.5, 0.6) is 0 Å². The van der Waals surface area contributed by atoms with Gasteiger partial charge in [0, 0.05) is 32.5 Å². The first-order valence-corrected chi connectivity index (χ1v) is 11.1. The standard InChI is InChI=1S/C24H29ClN4O3/c1-16-6-5-7-18(14-16)15-22(26-17(2)30)23(31)27-19-10-12-29(13-11-19)24(32)28-21-9-4-3-8-20(21)25/h3-9,14,19,22H,10-13,15H2,1-2H3,(H,26,30)(H,27,31)(H,28,32). The quantitative estimate of drug-likeness (QED) is 0.621. The highest BCUT2D eigenvalue weighted by atomic mass is 35.5. The summed E-state index contributed by atoms with van der Waals surface area (Å²) < 4.78 is 0. The number of nitrogens with zero attached hydrogens (tertiary/aromatic N) is 1. The van der Waals surface area contributed by atoms with Gasteiger partial charge in [-0.2, -0.15) is 0 Å². The van der Waals surface area contributed by atoms with Gasteiger partial charge in [0.25, 0.3) is 0 Å². The summed E-state index contributed by atoms with van der Waals surface area (Å²) >= 11 is 6.11. The van der Waals surface area contributed by atoms with Crippen molar-refractivity contribution in [3.63, 3.8) is 0 Å². The smallest absolute Gasteiger partial charge is 0.321 e. The Bertz CT molecular complexity index is 973. The first-order valence-electron chi connectivity index (χ1n) is 10.8. The summed E-state index contributed by atoms with van der Waals surface area (Å²) in [6.45, 7) is 4.44. The number of rotatable bonds is 6. The average Bonchev–Trinajstić information content (AvgIpc) is 2.75. The van der Waals surface area contributed by atoms with Crippen LogP contribution in [-0.4, -0.2) is 47.9 Å². The minimum Gasteiger partial charge on any atom is -0.351 e. The summed E-state index contributed by atoms with van der Waals surface area (Å²) in [7, 11) is 0. The van der Waals surface area contributed by atoms with E-state index in [0.29, 0.717) is 43.1 Å². The molecule has 2 aromatic rings. The number of aryl methyl sites for hydroxylation is 1. The zero-order chi connectivity index (χ0) is 23.1. The molecule has 3 rings (SSSR count). The van der Waals surface area contributed by atoms with Crippen LogP contribution >= 0.6 is 11.6 Å². The largest absolute Gasteiger partial charge is 0.351 e. The summed E-state index contributed by atoms with van der Waals surface area (Å²) in [6, 6.07) is 14.1. The van der Waals surface area contributed by atoms with E-state index in [2.05, 4.69) is 16.0 Å². The molecule has 1 atom stereocenters. The van der Waals surface area contributed by atoms with E-state index in [-0.39, 0.29) is 23.9 Å². The van der Waals surface area contributed by atoms with E-state index in [0.717, 1.165) is 11.1 Å². The van der Waals surface area contributed by atoms with E-state index in [4.69, 9.17) is 11.6 Å². The zero-order valence-electron chi connectivity index (χ0n) is 18.4. The molecular weight excluding hydrogens is 428 g/mol. The Kier molecular flexibility index (Phi) is 8.11. The monoisotopic (exact) mass is 456 g/mol. The fraction of sp³-hybridized carbons (Fsp3) is 0.375. The highest BCUT2D eigenvalue weighted by Gasteiger charge is 2.27. The van der Waals surface area contributed by atoms with Gasteiger partial charge >= 0.3 is 6.03 Å². The summed E-state index contributed by atoms with van der Waals surface area (Å²) in [5, 5.41) is 9.12. The summed E-state index contributed by atoms with van der Waals surface area (Å²) in [5.74, 6) is -0.454. The molecule has 4 amide bonds. The second-order valence-corrected chi connectivity index (χ2v) is 8.53. The van der Waals surface area contributed by atoms with Crippen molar-refractivity contribution in [3.05, 3.63) is 64.7 Å². The molecule has 170 valence electrons. The van der Waals surface area contributed by atoms with Crippen LogP contribution < -0.4 is 16.0 Å². The number of carbonyl (C=O) groups is 3. The van der Waals surface area contributed by atoms with Crippen LogP contribution in [0.2, 0.25) is 5.02 Å². The zero-order valence-corrected chi connectivity index (χ0v) is 19.1. The molecular formula is C24H29ClN4O3. The van der Waals surface area contributed by atoms with Crippen LogP contribution in [0.25, 0.3) is 0 Å². The maximum Gasteiger partial charge on any atom is 0.321 e. The molecule has 1 saturated heterocycles. The molecule has 0 aliphatic carbocycles. The number of para-hydroxylation sites is 1. The van der Waals surface area contributed by atoms with Crippen molar-refractivity contribution in [3.8, 4) is 0 Å².